The fourth-order valence-electron chi connectivity index (χ4n) is 8.68. The zero-order valence-electron chi connectivity index (χ0n) is 29.5. The lowest BCUT2D eigenvalue weighted by Crippen LogP contribution is -2.00. The lowest BCUT2D eigenvalue weighted by atomic mass is 10.1. The van der Waals surface area contributed by atoms with E-state index in [-0.39, 0.29) is 0 Å². The number of hydrogen-bond acceptors (Lipinski definition) is 3. The van der Waals surface area contributed by atoms with E-state index in [1.807, 2.05) is 24.3 Å². The molecule has 0 radical (unpaired) electrons. The maximum absolute atomic E-state index is 6.53. The first-order valence-corrected chi connectivity index (χ1v) is 18.6. The van der Waals surface area contributed by atoms with Crippen LogP contribution in [-0.4, -0.2) is 19.1 Å². The summed E-state index contributed by atoms with van der Waals surface area (Å²) in [5.74, 6) is 0.684. The van der Waals surface area contributed by atoms with Gasteiger partial charge in [0.15, 0.2) is 5.82 Å². The minimum Gasteiger partial charge on any atom is -0.456 e. The minimum absolute atomic E-state index is 0.684. The lowest BCUT2D eigenvalue weighted by Gasteiger charge is -2.14. The highest BCUT2D eigenvalue weighted by Crippen LogP contribution is 2.44. The van der Waals surface area contributed by atoms with Crippen LogP contribution < -0.4 is 0 Å². The molecule has 0 bridgehead atoms. The van der Waals surface area contributed by atoms with E-state index in [0.717, 1.165) is 77.6 Å². The van der Waals surface area contributed by atoms with Crippen molar-refractivity contribution < 1.29 is 4.42 Å². The summed E-state index contributed by atoms with van der Waals surface area (Å²) in [6, 6.07) is 64.2. The maximum Gasteiger partial charge on any atom is 0.160 e. The molecule has 0 aliphatic carbocycles. The van der Waals surface area contributed by atoms with Gasteiger partial charge in [-0.1, -0.05) is 127 Å². The van der Waals surface area contributed by atoms with Gasteiger partial charge < -0.3 is 13.6 Å². The summed E-state index contributed by atoms with van der Waals surface area (Å²) in [7, 11) is 0. The molecule has 8 aromatic carbocycles. The topological polar surface area (TPSA) is 48.8 Å². The zero-order chi connectivity index (χ0) is 36.0. The summed E-state index contributed by atoms with van der Waals surface area (Å²) in [6.07, 6.45) is 0. The molecule has 0 saturated heterocycles. The van der Waals surface area contributed by atoms with Gasteiger partial charge in [0, 0.05) is 66.3 Å². The second-order valence-electron chi connectivity index (χ2n) is 14.2. The van der Waals surface area contributed by atoms with Crippen LogP contribution in [0.3, 0.4) is 0 Å². The largest absolute Gasteiger partial charge is 0.456 e. The Hall–Kier alpha value is -7.50. The molecule has 5 nitrogen and oxygen atoms in total. The van der Waals surface area contributed by atoms with Gasteiger partial charge in [-0.05, 0) is 48.5 Å². The molecule has 0 fully saturated rings. The summed E-state index contributed by atoms with van der Waals surface area (Å²) in [6.45, 7) is 0. The van der Waals surface area contributed by atoms with Crippen molar-refractivity contribution in [1.82, 2.24) is 19.1 Å². The van der Waals surface area contributed by atoms with Crippen LogP contribution in [0.4, 0.5) is 0 Å². The van der Waals surface area contributed by atoms with E-state index in [2.05, 4.69) is 167 Å². The number of rotatable bonds is 4. The van der Waals surface area contributed by atoms with E-state index in [1.165, 1.54) is 27.1 Å². The van der Waals surface area contributed by atoms with Gasteiger partial charge in [-0.25, -0.2) is 9.97 Å². The zero-order valence-corrected chi connectivity index (χ0v) is 29.5. The summed E-state index contributed by atoms with van der Waals surface area (Å²) in [4.78, 5) is 10.4. The van der Waals surface area contributed by atoms with Crippen molar-refractivity contribution in [3.63, 3.8) is 0 Å². The predicted molar refractivity (Wildman–Crippen MR) is 226 cm³/mol. The molecule has 0 N–H and O–H groups in total. The number of benzene rings is 8. The smallest absolute Gasteiger partial charge is 0.160 e. The average molecular weight is 703 g/mol. The molecule has 0 saturated carbocycles. The van der Waals surface area contributed by atoms with Crippen molar-refractivity contribution in [2.24, 2.45) is 0 Å². The number of nitrogens with zero attached hydrogens (tertiary/aromatic N) is 4. The first kappa shape index (κ1) is 30.0. The molecule has 0 spiro atoms. The first-order valence-electron chi connectivity index (χ1n) is 18.6. The van der Waals surface area contributed by atoms with Crippen molar-refractivity contribution in [3.8, 4) is 34.0 Å². The monoisotopic (exact) mass is 702 g/mol. The van der Waals surface area contributed by atoms with Crippen LogP contribution in [0.5, 0.6) is 0 Å². The number of furan rings is 1. The van der Waals surface area contributed by atoms with Gasteiger partial charge in [-0.3, -0.25) is 0 Å². The van der Waals surface area contributed by atoms with Crippen LogP contribution in [0.1, 0.15) is 0 Å². The number of para-hydroxylation sites is 4. The highest BCUT2D eigenvalue weighted by Gasteiger charge is 2.23. The molecule has 256 valence electrons. The molecular formula is C50H30N4O. The normalized spacial score (nSPS) is 12.0. The molecule has 0 atom stereocenters. The number of fused-ring (bicyclic) bond motifs is 11. The van der Waals surface area contributed by atoms with Crippen LogP contribution in [0.15, 0.2) is 186 Å². The molecule has 0 aliphatic heterocycles. The Balaban J connectivity index is 1.21. The van der Waals surface area contributed by atoms with Gasteiger partial charge in [0.25, 0.3) is 0 Å². The van der Waals surface area contributed by atoms with E-state index in [0.29, 0.717) is 5.82 Å². The van der Waals surface area contributed by atoms with Gasteiger partial charge in [-0.2, -0.15) is 0 Å². The predicted octanol–water partition coefficient (Wildman–Crippen LogP) is 13.1. The fraction of sp³-hybridized carbons (Fsp3) is 0. The van der Waals surface area contributed by atoms with Gasteiger partial charge in [0.1, 0.15) is 11.2 Å². The van der Waals surface area contributed by atoms with E-state index < -0.39 is 0 Å². The van der Waals surface area contributed by atoms with Crippen molar-refractivity contribution >= 4 is 76.5 Å². The van der Waals surface area contributed by atoms with Gasteiger partial charge >= 0.3 is 0 Å². The Morgan fingerprint density at radius 1 is 0.364 bits per heavy atom. The van der Waals surface area contributed by atoms with Crippen LogP contribution in [0, 0.1) is 0 Å². The standard InChI is InChI=1S/C50H30N4O/c1-3-14-31(15-4-1)47-39-22-7-10-23-42(39)51-50(52-47)32-16-13-19-34(28-32)54-44-30-46-41(36-21-9-12-25-45(36)55-46)29-40(44)38-27-26-37-35-20-8-11-24-43(35)53(48(37)49(38)54)33-17-5-2-6-18-33/h1-30H. The first-order chi connectivity index (χ1) is 27.3. The summed E-state index contributed by atoms with van der Waals surface area (Å²) in [5, 5.41) is 8.01. The van der Waals surface area contributed by atoms with Crippen LogP contribution in [0.2, 0.25) is 0 Å². The minimum atomic E-state index is 0.684. The third kappa shape index (κ3) is 4.41. The Kier molecular flexibility index (Phi) is 6.27. The molecule has 5 heteroatoms. The quantitative estimate of drug-likeness (QED) is 0.183. The molecule has 12 rings (SSSR count). The Morgan fingerprint density at radius 2 is 1.00 bits per heavy atom. The molecular weight excluding hydrogens is 673 g/mol. The second-order valence-corrected chi connectivity index (χ2v) is 14.2. The third-order valence-corrected chi connectivity index (χ3v) is 11.1. The molecule has 4 heterocycles. The van der Waals surface area contributed by atoms with E-state index >= 15 is 0 Å². The number of hydrogen-bond donors (Lipinski definition) is 0. The number of aromatic nitrogens is 4. The second kappa shape index (κ2) is 11.5. The molecule has 0 amide bonds. The summed E-state index contributed by atoms with van der Waals surface area (Å²) >= 11 is 0. The third-order valence-electron chi connectivity index (χ3n) is 11.1. The van der Waals surface area contributed by atoms with Crippen molar-refractivity contribution in [1.29, 1.82) is 0 Å². The van der Waals surface area contributed by atoms with Crippen LogP contribution in [-0.2, 0) is 0 Å². The van der Waals surface area contributed by atoms with Gasteiger partial charge in [0.2, 0.25) is 0 Å². The van der Waals surface area contributed by atoms with E-state index in [1.54, 1.807) is 0 Å². The molecule has 0 unspecified atom stereocenters. The summed E-state index contributed by atoms with van der Waals surface area (Å²) < 4.78 is 11.4. The van der Waals surface area contributed by atoms with Gasteiger partial charge in [-0.15, -0.1) is 0 Å². The van der Waals surface area contributed by atoms with E-state index in [9.17, 15) is 0 Å². The Morgan fingerprint density at radius 3 is 1.84 bits per heavy atom. The highest BCUT2D eigenvalue weighted by atomic mass is 16.3. The van der Waals surface area contributed by atoms with Crippen molar-refractivity contribution in [2.75, 3.05) is 0 Å². The summed E-state index contributed by atoms with van der Waals surface area (Å²) in [5.41, 5.74) is 12.2. The molecule has 0 aliphatic rings. The average Bonchev–Trinajstić information content (AvgIpc) is 3.90. The van der Waals surface area contributed by atoms with E-state index in [4.69, 9.17) is 14.4 Å². The SMILES string of the molecule is c1ccc(-c2nc(-c3cccc(-n4c5cc6oc7ccccc7c6cc5c5ccc6c7ccccc7n(-c7ccccc7)c6c54)c3)nc3ccccc23)cc1. The molecule has 55 heavy (non-hydrogen) atoms. The van der Waals surface area contributed by atoms with Crippen LogP contribution >= 0.6 is 0 Å². The fourth-order valence-corrected chi connectivity index (χ4v) is 8.68. The molecule has 12 aromatic rings. The maximum atomic E-state index is 6.53. The highest BCUT2D eigenvalue weighted by molar-refractivity contribution is 6.25. The van der Waals surface area contributed by atoms with Crippen molar-refractivity contribution in [2.45, 2.75) is 0 Å². The van der Waals surface area contributed by atoms with Gasteiger partial charge in [0.05, 0.1) is 33.3 Å². The Bertz CT molecular complexity index is 3480. The Labute approximate surface area is 315 Å². The van der Waals surface area contributed by atoms with Crippen molar-refractivity contribution in [3.05, 3.63) is 182 Å². The molecule has 4 aromatic heterocycles. The van der Waals surface area contributed by atoms with Crippen LogP contribution in [0.25, 0.3) is 110 Å². The lowest BCUT2D eigenvalue weighted by molar-refractivity contribution is 0.669.